The molecule has 1 aliphatic rings. The molecular formula is C27H32N4O. The van der Waals surface area contributed by atoms with E-state index in [0.29, 0.717) is 6.42 Å². The number of carbonyl (C=O) groups is 1. The molecule has 2 aromatic carbocycles. The van der Waals surface area contributed by atoms with Crippen molar-refractivity contribution in [3.8, 4) is 0 Å². The first-order chi connectivity index (χ1) is 15.5. The molecule has 0 saturated carbocycles. The third-order valence-electron chi connectivity index (χ3n) is 6.15. The molecule has 1 saturated heterocycles. The zero-order valence-electron chi connectivity index (χ0n) is 19.3. The van der Waals surface area contributed by atoms with Crippen LogP contribution in [0.3, 0.4) is 0 Å². The van der Waals surface area contributed by atoms with E-state index in [-0.39, 0.29) is 5.91 Å². The van der Waals surface area contributed by atoms with E-state index in [1.165, 1.54) is 16.7 Å². The molecule has 5 nitrogen and oxygen atoms in total. The van der Waals surface area contributed by atoms with Crippen molar-refractivity contribution in [3.63, 3.8) is 0 Å². The molecule has 0 atom stereocenters. The standard InChI is InChI=1S/C27H32N4O/c1-20-10-12-24(13-11-20)18-25-21(2)28-22(3)29-27(25)31-15-7-14-30(16-17-31)26(32)19-23-8-5-4-6-9-23/h4-6,8-13H,7,14-19H2,1-3H3. The lowest BCUT2D eigenvalue weighted by Crippen LogP contribution is -2.36. The molecule has 3 aromatic rings. The Labute approximate surface area is 191 Å². The molecule has 0 aliphatic carbocycles. The first kappa shape index (κ1) is 22.0. The molecule has 1 amide bonds. The van der Waals surface area contributed by atoms with Crippen molar-refractivity contribution in [2.75, 3.05) is 31.1 Å². The first-order valence-electron chi connectivity index (χ1n) is 11.5. The summed E-state index contributed by atoms with van der Waals surface area (Å²) in [7, 11) is 0. The average molecular weight is 429 g/mol. The van der Waals surface area contributed by atoms with E-state index < -0.39 is 0 Å². The lowest BCUT2D eigenvalue weighted by atomic mass is 10.0. The Hall–Kier alpha value is -3.21. The third-order valence-corrected chi connectivity index (χ3v) is 6.15. The summed E-state index contributed by atoms with van der Waals surface area (Å²) in [6.45, 7) is 9.34. The Morgan fingerprint density at radius 3 is 2.34 bits per heavy atom. The highest BCUT2D eigenvalue weighted by atomic mass is 16.2. The topological polar surface area (TPSA) is 49.3 Å². The van der Waals surface area contributed by atoms with Crippen molar-refractivity contribution in [1.29, 1.82) is 0 Å². The van der Waals surface area contributed by atoms with Gasteiger partial charge in [-0.1, -0.05) is 60.2 Å². The van der Waals surface area contributed by atoms with Crippen LogP contribution < -0.4 is 4.90 Å². The first-order valence-corrected chi connectivity index (χ1v) is 11.5. The number of aryl methyl sites for hydroxylation is 3. The molecule has 0 unspecified atom stereocenters. The number of rotatable bonds is 5. The number of carbonyl (C=O) groups excluding carboxylic acids is 1. The van der Waals surface area contributed by atoms with Crippen LogP contribution in [0.15, 0.2) is 54.6 Å². The van der Waals surface area contributed by atoms with Crippen molar-refractivity contribution >= 4 is 11.7 Å². The van der Waals surface area contributed by atoms with Crippen LogP contribution >= 0.6 is 0 Å². The van der Waals surface area contributed by atoms with Gasteiger partial charge in [-0.15, -0.1) is 0 Å². The summed E-state index contributed by atoms with van der Waals surface area (Å²) in [5.74, 6) is 2.02. The molecule has 5 heteroatoms. The van der Waals surface area contributed by atoms with Crippen LogP contribution in [0.2, 0.25) is 0 Å². The number of nitrogens with zero attached hydrogens (tertiary/aromatic N) is 4. The van der Waals surface area contributed by atoms with Crippen LogP contribution in [-0.2, 0) is 17.6 Å². The Balaban J connectivity index is 1.51. The van der Waals surface area contributed by atoms with E-state index in [4.69, 9.17) is 4.98 Å². The minimum absolute atomic E-state index is 0.202. The monoisotopic (exact) mass is 428 g/mol. The molecule has 32 heavy (non-hydrogen) atoms. The molecule has 0 bridgehead atoms. The van der Waals surface area contributed by atoms with E-state index in [0.717, 1.165) is 61.9 Å². The number of hydrogen-bond acceptors (Lipinski definition) is 4. The van der Waals surface area contributed by atoms with Crippen LogP contribution in [0.25, 0.3) is 0 Å². The van der Waals surface area contributed by atoms with Crippen molar-refractivity contribution in [2.24, 2.45) is 0 Å². The van der Waals surface area contributed by atoms with Gasteiger partial charge in [0.15, 0.2) is 0 Å². The number of aromatic nitrogens is 2. The minimum atomic E-state index is 0.202. The Morgan fingerprint density at radius 2 is 1.59 bits per heavy atom. The van der Waals surface area contributed by atoms with Gasteiger partial charge in [-0.05, 0) is 38.3 Å². The van der Waals surface area contributed by atoms with Gasteiger partial charge in [0.2, 0.25) is 5.91 Å². The summed E-state index contributed by atoms with van der Waals surface area (Å²) in [6, 6.07) is 18.7. The summed E-state index contributed by atoms with van der Waals surface area (Å²) >= 11 is 0. The zero-order chi connectivity index (χ0) is 22.5. The molecular weight excluding hydrogens is 396 g/mol. The maximum atomic E-state index is 12.9. The fourth-order valence-electron chi connectivity index (χ4n) is 4.36. The molecule has 0 radical (unpaired) electrons. The van der Waals surface area contributed by atoms with Crippen LogP contribution in [-0.4, -0.2) is 47.0 Å². The van der Waals surface area contributed by atoms with E-state index in [1.54, 1.807) is 0 Å². The Kier molecular flexibility index (Phi) is 6.84. The molecule has 1 aliphatic heterocycles. The van der Waals surface area contributed by atoms with Crippen LogP contribution in [0.1, 0.15) is 40.2 Å². The SMILES string of the molecule is Cc1ccc(Cc2c(C)nc(C)nc2N2CCCN(C(=O)Cc3ccccc3)CC2)cc1. The minimum Gasteiger partial charge on any atom is -0.354 e. The lowest BCUT2D eigenvalue weighted by Gasteiger charge is -2.26. The van der Waals surface area contributed by atoms with Crippen molar-refractivity contribution in [1.82, 2.24) is 14.9 Å². The maximum absolute atomic E-state index is 12.9. The quantitative estimate of drug-likeness (QED) is 0.609. The van der Waals surface area contributed by atoms with Gasteiger partial charge in [0, 0.05) is 43.9 Å². The summed E-state index contributed by atoms with van der Waals surface area (Å²) in [4.78, 5) is 26.8. The number of benzene rings is 2. The molecule has 0 N–H and O–H groups in total. The second-order valence-corrected chi connectivity index (χ2v) is 8.70. The average Bonchev–Trinajstić information content (AvgIpc) is 3.04. The summed E-state index contributed by atoms with van der Waals surface area (Å²) in [5.41, 5.74) is 5.82. The molecule has 1 fully saturated rings. The van der Waals surface area contributed by atoms with Gasteiger partial charge in [0.1, 0.15) is 11.6 Å². The number of anilines is 1. The highest BCUT2D eigenvalue weighted by Gasteiger charge is 2.23. The smallest absolute Gasteiger partial charge is 0.227 e. The van der Waals surface area contributed by atoms with Crippen LogP contribution in [0.5, 0.6) is 0 Å². The van der Waals surface area contributed by atoms with Gasteiger partial charge in [-0.2, -0.15) is 0 Å². The van der Waals surface area contributed by atoms with Crippen molar-refractivity contribution < 1.29 is 4.79 Å². The summed E-state index contributed by atoms with van der Waals surface area (Å²) < 4.78 is 0. The second kappa shape index (κ2) is 9.94. The van der Waals surface area contributed by atoms with Gasteiger partial charge in [0.25, 0.3) is 0 Å². The van der Waals surface area contributed by atoms with Crippen LogP contribution in [0, 0.1) is 20.8 Å². The fourth-order valence-corrected chi connectivity index (χ4v) is 4.36. The maximum Gasteiger partial charge on any atom is 0.227 e. The van der Waals surface area contributed by atoms with Gasteiger partial charge >= 0.3 is 0 Å². The highest BCUT2D eigenvalue weighted by Crippen LogP contribution is 2.25. The number of hydrogen-bond donors (Lipinski definition) is 0. The van der Waals surface area contributed by atoms with Gasteiger partial charge in [0.05, 0.1) is 6.42 Å². The summed E-state index contributed by atoms with van der Waals surface area (Å²) in [5, 5.41) is 0. The number of amides is 1. The normalized spacial score (nSPS) is 14.3. The molecule has 1 aromatic heterocycles. The van der Waals surface area contributed by atoms with Crippen molar-refractivity contribution in [2.45, 2.75) is 40.0 Å². The largest absolute Gasteiger partial charge is 0.354 e. The lowest BCUT2D eigenvalue weighted by molar-refractivity contribution is -0.130. The van der Waals surface area contributed by atoms with Gasteiger partial charge < -0.3 is 9.80 Å². The Bertz CT molecular complexity index is 1060. The molecule has 166 valence electrons. The second-order valence-electron chi connectivity index (χ2n) is 8.70. The third kappa shape index (κ3) is 5.34. The molecule has 4 rings (SSSR count). The van der Waals surface area contributed by atoms with E-state index in [9.17, 15) is 4.79 Å². The van der Waals surface area contributed by atoms with E-state index >= 15 is 0 Å². The van der Waals surface area contributed by atoms with Crippen molar-refractivity contribution in [3.05, 3.63) is 88.4 Å². The molecule has 0 spiro atoms. The molecule has 2 heterocycles. The van der Waals surface area contributed by atoms with Gasteiger partial charge in [-0.25, -0.2) is 9.97 Å². The van der Waals surface area contributed by atoms with Gasteiger partial charge in [-0.3, -0.25) is 4.79 Å². The summed E-state index contributed by atoms with van der Waals surface area (Å²) in [6.07, 6.45) is 2.21. The predicted octanol–water partition coefficient (Wildman–Crippen LogP) is 4.27. The van der Waals surface area contributed by atoms with E-state index in [1.807, 2.05) is 42.2 Å². The fraction of sp³-hybridized carbons (Fsp3) is 0.370. The van der Waals surface area contributed by atoms with Crippen LogP contribution in [0.4, 0.5) is 5.82 Å². The highest BCUT2D eigenvalue weighted by molar-refractivity contribution is 5.78. The predicted molar refractivity (Wildman–Crippen MR) is 129 cm³/mol. The zero-order valence-corrected chi connectivity index (χ0v) is 19.3. The Morgan fingerprint density at radius 1 is 0.844 bits per heavy atom. The van der Waals surface area contributed by atoms with E-state index in [2.05, 4.69) is 48.0 Å².